The van der Waals surface area contributed by atoms with E-state index in [0.29, 0.717) is 5.11 Å². The maximum Gasteiger partial charge on any atom is 0.335 e. The summed E-state index contributed by atoms with van der Waals surface area (Å²) in [6.07, 6.45) is -7.84. The number of carboxylic acids is 1. The molecule has 1 radical (unpaired) electrons. The Hall–Kier alpha value is -2.08. The van der Waals surface area contributed by atoms with Crippen molar-refractivity contribution in [1.82, 2.24) is 0 Å². The summed E-state index contributed by atoms with van der Waals surface area (Å²) < 4.78 is 0. The predicted octanol–water partition coefficient (Wildman–Crippen LogP) is -0.0001000. The van der Waals surface area contributed by atoms with Gasteiger partial charge in [-0.1, -0.05) is 36.4 Å². The van der Waals surface area contributed by atoms with Crippen LogP contribution in [0, 0.1) is 0 Å². The summed E-state index contributed by atoms with van der Waals surface area (Å²) in [5.74, 6) is -1.73. The van der Waals surface area contributed by atoms with E-state index in [2.05, 4.69) is 10.6 Å². The smallest absolute Gasteiger partial charge is 0.335 e. The molecule has 4 atom stereocenters. The molecule has 2 aromatic carbocycles. The minimum atomic E-state index is -2.20. The van der Waals surface area contributed by atoms with Crippen LogP contribution in [0.1, 0.15) is 0 Å². The molecule has 0 saturated heterocycles. The Morgan fingerprint density at radius 2 is 1.23 bits per heavy atom. The molecule has 8 N–H and O–H groups in total. The molecule has 0 aliphatic carbocycles. The van der Waals surface area contributed by atoms with E-state index in [1.54, 1.807) is 0 Å². The molecule has 0 amide bonds. The first-order chi connectivity index (χ1) is 13.8. The van der Waals surface area contributed by atoms with Gasteiger partial charge in [-0.25, -0.2) is 4.79 Å². The molecule has 0 spiro atoms. The van der Waals surface area contributed by atoms with Gasteiger partial charge in [0.05, 0.1) is 6.61 Å². The molecule has 0 aliphatic heterocycles. The summed E-state index contributed by atoms with van der Waals surface area (Å²) in [6, 6.07) is 19.7. The molecular weight excluding hydrogens is 464 g/mol. The van der Waals surface area contributed by atoms with Gasteiger partial charge in [0.25, 0.3) is 0 Å². The van der Waals surface area contributed by atoms with Gasteiger partial charge in [0.15, 0.2) is 11.2 Å². The largest absolute Gasteiger partial charge is 0.479 e. The van der Waals surface area contributed by atoms with Crippen molar-refractivity contribution in [2.24, 2.45) is 0 Å². The minimum Gasteiger partial charge on any atom is -0.479 e. The predicted molar refractivity (Wildman–Crippen MR) is 111 cm³/mol. The van der Waals surface area contributed by atoms with Crippen molar-refractivity contribution < 1.29 is 52.5 Å². The number of para-hydroxylation sites is 2. The van der Waals surface area contributed by atoms with Crippen molar-refractivity contribution in [3.05, 3.63) is 60.7 Å². The van der Waals surface area contributed by atoms with E-state index < -0.39 is 37.0 Å². The third-order valence-corrected chi connectivity index (χ3v) is 3.78. The Labute approximate surface area is 189 Å². The fourth-order valence-corrected chi connectivity index (χ4v) is 2.24. The third kappa shape index (κ3) is 10.1. The van der Waals surface area contributed by atoms with Crippen LogP contribution in [-0.2, 0) is 21.9 Å². The topological polar surface area (TPSA) is 163 Å². The van der Waals surface area contributed by atoms with Gasteiger partial charge in [0.2, 0.25) is 0 Å². The monoisotopic (exact) mass is 487 g/mol. The molecule has 0 heterocycles. The maximum absolute atomic E-state index is 10.1. The van der Waals surface area contributed by atoms with Crippen LogP contribution < -0.4 is 10.6 Å². The van der Waals surface area contributed by atoms with E-state index in [4.69, 9.17) is 42.9 Å². The number of thiocarbonyl (C=S) groups is 1. The van der Waals surface area contributed by atoms with Gasteiger partial charge in [-0.2, -0.15) is 0 Å². The van der Waals surface area contributed by atoms with Crippen molar-refractivity contribution in [3.63, 3.8) is 0 Å². The van der Waals surface area contributed by atoms with Crippen molar-refractivity contribution in [2.45, 2.75) is 24.4 Å². The van der Waals surface area contributed by atoms with E-state index in [9.17, 15) is 4.79 Å². The molecule has 2 rings (SSSR count). The van der Waals surface area contributed by atoms with Crippen molar-refractivity contribution in [3.8, 4) is 0 Å². The Balaban J connectivity index is 0.000000557. The van der Waals surface area contributed by atoms with Gasteiger partial charge < -0.3 is 41.3 Å². The molecule has 0 bridgehead atoms. The Kier molecular flexibility index (Phi) is 13.8. The van der Waals surface area contributed by atoms with Crippen LogP contribution >= 0.6 is 12.2 Å². The number of aliphatic hydroxyl groups is 5. The van der Waals surface area contributed by atoms with Gasteiger partial charge >= 0.3 is 5.97 Å². The zero-order valence-electron chi connectivity index (χ0n) is 15.6. The standard InChI is InChI=1S/C13H12N2S.C6H12O7.Cu/c16-13(14-11-7-3-1-4-8-11)15-12-9-5-2-6-10-12;7-1-2(8)3(9)4(10)5(11)6(12)13;/h1-10H,(H2,14,15,16);2-5,7-11H,1H2,(H,12,13);/t;2-,3-,4+,5-;/m.1./s1. The van der Waals surface area contributed by atoms with Gasteiger partial charge in [0.1, 0.15) is 18.3 Å². The zero-order chi connectivity index (χ0) is 21.8. The maximum atomic E-state index is 10.1. The molecule has 169 valence electrons. The van der Waals surface area contributed by atoms with Crippen LogP contribution in [0.3, 0.4) is 0 Å². The second-order valence-corrected chi connectivity index (χ2v) is 6.23. The summed E-state index contributed by atoms with van der Waals surface area (Å²) in [5, 5.41) is 58.6. The summed E-state index contributed by atoms with van der Waals surface area (Å²) in [4.78, 5) is 10.1. The Morgan fingerprint density at radius 1 is 0.833 bits per heavy atom. The number of carboxylic acid groups (broad SMARTS) is 1. The quantitative estimate of drug-likeness (QED) is 0.197. The van der Waals surface area contributed by atoms with Gasteiger partial charge in [-0.3, -0.25) is 0 Å². The molecule has 30 heavy (non-hydrogen) atoms. The fraction of sp³-hybridized carbons (Fsp3) is 0.263. The van der Waals surface area contributed by atoms with Crippen LogP contribution in [-0.4, -0.2) is 72.7 Å². The second kappa shape index (κ2) is 14.8. The Morgan fingerprint density at radius 3 is 1.57 bits per heavy atom. The number of anilines is 2. The van der Waals surface area contributed by atoms with Gasteiger partial charge in [-0.15, -0.1) is 0 Å². The molecule has 0 saturated carbocycles. The van der Waals surface area contributed by atoms with Crippen LogP contribution in [0.15, 0.2) is 60.7 Å². The summed E-state index contributed by atoms with van der Waals surface area (Å²) >= 11 is 5.20. The number of aliphatic hydroxyl groups excluding tert-OH is 5. The normalized spacial score (nSPS) is 13.9. The fourth-order valence-electron chi connectivity index (χ4n) is 2.00. The molecule has 0 unspecified atom stereocenters. The first kappa shape index (κ1) is 27.9. The number of nitrogens with one attached hydrogen (secondary N) is 2. The molecule has 2 aromatic rings. The van der Waals surface area contributed by atoms with Crippen molar-refractivity contribution in [1.29, 1.82) is 0 Å². The van der Waals surface area contributed by atoms with E-state index in [0.717, 1.165) is 11.4 Å². The number of rotatable bonds is 7. The summed E-state index contributed by atoms with van der Waals surface area (Å²) in [7, 11) is 0. The van der Waals surface area contributed by atoms with Crippen LogP contribution in [0.2, 0.25) is 0 Å². The van der Waals surface area contributed by atoms with Gasteiger partial charge in [0, 0.05) is 28.4 Å². The Bertz CT molecular complexity index is 712. The van der Waals surface area contributed by atoms with E-state index in [1.807, 2.05) is 60.7 Å². The molecule has 9 nitrogen and oxygen atoms in total. The van der Waals surface area contributed by atoms with Crippen LogP contribution in [0.5, 0.6) is 0 Å². The van der Waals surface area contributed by atoms with E-state index in [1.165, 1.54) is 0 Å². The minimum absolute atomic E-state index is 0. The average molecular weight is 488 g/mol. The van der Waals surface area contributed by atoms with Crippen molar-refractivity contribution in [2.75, 3.05) is 17.2 Å². The molecule has 0 fully saturated rings. The number of carbonyl (C=O) groups is 1. The molecular formula is C19H24CuN2O7S. The van der Waals surface area contributed by atoms with Gasteiger partial charge in [-0.05, 0) is 36.5 Å². The molecule has 0 aromatic heterocycles. The molecule has 11 heteroatoms. The average Bonchev–Trinajstić information content (AvgIpc) is 2.73. The van der Waals surface area contributed by atoms with E-state index >= 15 is 0 Å². The zero-order valence-corrected chi connectivity index (χ0v) is 17.3. The first-order valence-corrected chi connectivity index (χ1v) is 8.91. The summed E-state index contributed by atoms with van der Waals surface area (Å²) in [6.45, 7) is -0.843. The number of benzene rings is 2. The second-order valence-electron chi connectivity index (χ2n) is 5.83. The van der Waals surface area contributed by atoms with E-state index in [-0.39, 0.29) is 17.1 Å². The van der Waals surface area contributed by atoms with Crippen LogP contribution in [0.25, 0.3) is 0 Å². The van der Waals surface area contributed by atoms with Crippen LogP contribution in [0.4, 0.5) is 11.4 Å². The number of aliphatic carboxylic acids is 1. The number of hydrogen-bond acceptors (Lipinski definition) is 7. The van der Waals surface area contributed by atoms with Crippen molar-refractivity contribution >= 4 is 34.7 Å². The third-order valence-electron chi connectivity index (χ3n) is 3.57. The SMILES string of the molecule is O=C(O)[C@H](O)[C@@H](O)[C@H](O)[C@H](O)CO.S=C(Nc1ccccc1)Nc1ccccc1.[Cu]. The first-order valence-electron chi connectivity index (χ1n) is 8.50. The number of hydrogen-bond donors (Lipinski definition) is 8. The molecule has 0 aliphatic rings. The summed E-state index contributed by atoms with van der Waals surface area (Å²) in [5.41, 5.74) is 1.96.